The number of aryl methyl sites for hydroxylation is 1. The Morgan fingerprint density at radius 3 is 2.37 bits per heavy atom. The Kier molecular flexibility index (Phi) is 4.24. The summed E-state index contributed by atoms with van der Waals surface area (Å²) in [6.45, 7) is 2.00. The quantitative estimate of drug-likeness (QED) is 0.535. The van der Waals surface area contributed by atoms with Gasteiger partial charge in [-0.3, -0.25) is 4.40 Å². The maximum atomic E-state index is 14.1. The molecule has 136 valence electrons. The van der Waals surface area contributed by atoms with Crippen molar-refractivity contribution in [1.82, 2.24) is 14.6 Å². The maximum absolute atomic E-state index is 14.1. The van der Waals surface area contributed by atoms with Crippen LogP contribution in [-0.2, 0) is 0 Å². The van der Waals surface area contributed by atoms with Gasteiger partial charge in [-0.25, -0.2) is 4.39 Å². The number of hydrogen-bond donors (Lipinski definition) is 0. The molecular formula is C21H18FN3O2. The van der Waals surface area contributed by atoms with Crippen LogP contribution >= 0.6 is 0 Å². The highest BCUT2D eigenvalue weighted by atomic mass is 19.1. The van der Waals surface area contributed by atoms with E-state index in [4.69, 9.17) is 9.47 Å². The molecule has 0 unspecified atom stereocenters. The lowest BCUT2D eigenvalue weighted by molar-refractivity contribution is 0.386. The monoisotopic (exact) mass is 363 g/mol. The van der Waals surface area contributed by atoms with Gasteiger partial charge < -0.3 is 9.47 Å². The van der Waals surface area contributed by atoms with Crippen LogP contribution in [0.15, 0.2) is 54.7 Å². The van der Waals surface area contributed by atoms with Crippen LogP contribution in [0.1, 0.15) is 5.56 Å². The van der Waals surface area contributed by atoms with Crippen molar-refractivity contribution in [2.24, 2.45) is 0 Å². The third kappa shape index (κ3) is 2.99. The van der Waals surface area contributed by atoms with E-state index >= 15 is 0 Å². The normalized spacial score (nSPS) is 11.0. The fourth-order valence-electron chi connectivity index (χ4n) is 3.07. The standard InChI is InChI=1S/C21H18FN3O2/c1-13-4-7-16(19(10-13)27-3)21-24-23-20-9-6-15(12-25(20)21)14-5-8-18(26-2)17(22)11-14/h4-12H,1-3H3. The molecule has 27 heavy (non-hydrogen) atoms. The second kappa shape index (κ2) is 6.72. The lowest BCUT2D eigenvalue weighted by Crippen LogP contribution is -1.95. The zero-order chi connectivity index (χ0) is 19.0. The van der Waals surface area contributed by atoms with Crippen molar-refractivity contribution in [2.75, 3.05) is 14.2 Å². The van der Waals surface area contributed by atoms with E-state index < -0.39 is 5.82 Å². The summed E-state index contributed by atoms with van der Waals surface area (Å²) in [5.41, 5.74) is 4.22. The minimum Gasteiger partial charge on any atom is -0.496 e. The van der Waals surface area contributed by atoms with E-state index in [1.54, 1.807) is 13.2 Å². The number of rotatable bonds is 4. The van der Waals surface area contributed by atoms with E-state index in [0.717, 1.165) is 28.0 Å². The molecule has 0 aliphatic heterocycles. The zero-order valence-corrected chi connectivity index (χ0v) is 15.2. The first-order valence-corrected chi connectivity index (χ1v) is 8.44. The molecule has 0 saturated carbocycles. The predicted octanol–water partition coefficient (Wildman–Crippen LogP) is 4.53. The Balaban J connectivity index is 1.86. The highest BCUT2D eigenvalue weighted by Crippen LogP contribution is 2.31. The predicted molar refractivity (Wildman–Crippen MR) is 102 cm³/mol. The lowest BCUT2D eigenvalue weighted by Gasteiger charge is -2.09. The number of aromatic nitrogens is 3. The molecule has 4 rings (SSSR count). The average Bonchev–Trinajstić information content (AvgIpc) is 3.10. The van der Waals surface area contributed by atoms with Gasteiger partial charge >= 0.3 is 0 Å². The molecular weight excluding hydrogens is 345 g/mol. The first-order valence-electron chi connectivity index (χ1n) is 8.44. The van der Waals surface area contributed by atoms with Gasteiger partial charge in [0.2, 0.25) is 0 Å². The number of fused-ring (bicyclic) bond motifs is 1. The van der Waals surface area contributed by atoms with Gasteiger partial charge in [0.25, 0.3) is 0 Å². The SMILES string of the molecule is COc1ccc(-c2ccc3nnc(-c4ccc(C)cc4OC)n3c2)cc1F. The van der Waals surface area contributed by atoms with Crippen LogP contribution in [0.3, 0.4) is 0 Å². The zero-order valence-electron chi connectivity index (χ0n) is 15.2. The molecule has 0 fully saturated rings. The summed E-state index contributed by atoms with van der Waals surface area (Å²) in [6.07, 6.45) is 1.89. The van der Waals surface area contributed by atoms with Gasteiger partial charge in [-0.05, 0) is 60.0 Å². The van der Waals surface area contributed by atoms with Crippen LogP contribution in [-0.4, -0.2) is 28.8 Å². The molecule has 0 aliphatic carbocycles. The molecule has 6 heteroatoms. The number of methoxy groups -OCH3 is 2. The molecule has 2 heterocycles. The minimum atomic E-state index is -0.403. The minimum absolute atomic E-state index is 0.217. The molecule has 0 amide bonds. The van der Waals surface area contributed by atoms with Gasteiger partial charge in [-0.2, -0.15) is 0 Å². The van der Waals surface area contributed by atoms with Crippen LogP contribution in [0, 0.1) is 12.7 Å². The van der Waals surface area contributed by atoms with Gasteiger partial charge in [0.05, 0.1) is 19.8 Å². The van der Waals surface area contributed by atoms with E-state index in [1.807, 2.05) is 53.9 Å². The van der Waals surface area contributed by atoms with Crippen molar-refractivity contribution in [3.8, 4) is 34.0 Å². The largest absolute Gasteiger partial charge is 0.496 e. The molecule has 2 aromatic carbocycles. The molecule has 0 atom stereocenters. The van der Waals surface area contributed by atoms with Crippen molar-refractivity contribution in [2.45, 2.75) is 6.92 Å². The van der Waals surface area contributed by atoms with Gasteiger partial charge in [0, 0.05) is 6.20 Å². The van der Waals surface area contributed by atoms with E-state index in [0.29, 0.717) is 11.5 Å². The Hall–Kier alpha value is -3.41. The molecule has 2 aromatic heterocycles. The molecule has 5 nitrogen and oxygen atoms in total. The Morgan fingerprint density at radius 2 is 1.63 bits per heavy atom. The van der Waals surface area contributed by atoms with Crippen LogP contribution in [0.4, 0.5) is 4.39 Å². The van der Waals surface area contributed by atoms with Crippen molar-refractivity contribution in [3.05, 3.63) is 66.1 Å². The average molecular weight is 363 g/mol. The second-order valence-electron chi connectivity index (χ2n) is 6.22. The van der Waals surface area contributed by atoms with Crippen molar-refractivity contribution >= 4 is 5.65 Å². The summed E-state index contributed by atoms with van der Waals surface area (Å²) in [4.78, 5) is 0. The fraction of sp³-hybridized carbons (Fsp3) is 0.143. The van der Waals surface area contributed by atoms with Gasteiger partial charge in [-0.15, -0.1) is 10.2 Å². The second-order valence-corrected chi connectivity index (χ2v) is 6.22. The van der Waals surface area contributed by atoms with E-state index in [9.17, 15) is 4.39 Å². The summed E-state index contributed by atoms with van der Waals surface area (Å²) >= 11 is 0. The Morgan fingerprint density at radius 1 is 0.852 bits per heavy atom. The van der Waals surface area contributed by atoms with Crippen LogP contribution < -0.4 is 9.47 Å². The summed E-state index contributed by atoms with van der Waals surface area (Å²) in [7, 11) is 3.08. The summed E-state index contributed by atoms with van der Waals surface area (Å²) in [5, 5.41) is 8.56. The number of hydrogen-bond acceptors (Lipinski definition) is 4. The van der Waals surface area contributed by atoms with E-state index in [1.165, 1.54) is 13.2 Å². The third-order valence-corrected chi connectivity index (χ3v) is 4.49. The van der Waals surface area contributed by atoms with Crippen molar-refractivity contribution < 1.29 is 13.9 Å². The smallest absolute Gasteiger partial charge is 0.172 e. The molecule has 0 spiro atoms. The van der Waals surface area contributed by atoms with Crippen LogP contribution in [0.25, 0.3) is 28.2 Å². The molecule has 0 N–H and O–H groups in total. The van der Waals surface area contributed by atoms with Gasteiger partial charge in [0.15, 0.2) is 23.0 Å². The number of nitrogens with zero attached hydrogens (tertiary/aromatic N) is 3. The van der Waals surface area contributed by atoms with Crippen molar-refractivity contribution in [1.29, 1.82) is 0 Å². The molecule has 0 aliphatic rings. The van der Waals surface area contributed by atoms with Gasteiger partial charge in [0.1, 0.15) is 5.75 Å². The van der Waals surface area contributed by atoms with Gasteiger partial charge in [-0.1, -0.05) is 12.1 Å². The summed E-state index contributed by atoms with van der Waals surface area (Å²) in [5.74, 6) is 1.20. The van der Waals surface area contributed by atoms with E-state index in [-0.39, 0.29) is 5.75 Å². The number of pyridine rings is 1. The topological polar surface area (TPSA) is 48.7 Å². The highest BCUT2D eigenvalue weighted by molar-refractivity contribution is 5.70. The van der Waals surface area contributed by atoms with Crippen LogP contribution in [0.5, 0.6) is 11.5 Å². The highest BCUT2D eigenvalue weighted by Gasteiger charge is 2.14. The number of ether oxygens (including phenoxy) is 2. The Bertz CT molecular complexity index is 1140. The number of benzene rings is 2. The Labute approximate surface area is 156 Å². The number of halogens is 1. The molecule has 0 bridgehead atoms. The lowest BCUT2D eigenvalue weighted by atomic mass is 10.1. The van der Waals surface area contributed by atoms with Crippen molar-refractivity contribution in [3.63, 3.8) is 0 Å². The third-order valence-electron chi connectivity index (χ3n) is 4.49. The molecule has 0 saturated heterocycles. The first-order chi connectivity index (χ1) is 13.1. The molecule has 4 aromatic rings. The maximum Gasteiger partial charge on any atom is 0.172 e. The van der Waals surface area contributed by atoms with E-state index in [2.05, 4.69) is 10.2 Å². The summed E-state index contributed by atoms with van der Waals surface area (Å²) in [6, 6.07) is 14.6. The first kappa shape index (κ1) is 17.0. The van der Waals surface area contributed by atoms with Crippen LogP contribution in [0.2, 0.25) is 0 Å². The summed E-state index contributed by atoms with van der Waals surface area (Å²) < 4.78 is 26.5. The fourth-order valence-corrected chi connectivity index (χ4v) is 3.07. The molecule has 0 radical (unpaired) electrons.